The number of pyridine rings is 1. The zero-order valence-corrected chi connectivity index (χ0v) is 12.2. The first kappa shape index (κ1) is 14.6. The minimum absolute atomic E-state index is 0.129. The Bertz CT molecular complexity index is 482. The number of aromatic carboxylic acids is 1. The standard InChI is InChI=1S/C15H23N3O2/c1-3-10-4-6-11(7-5-10)18(2)14-13(16)12(15(19)20)8-9-17-14/h8-11H,3-7,16H2,1-2H3,(H,19,20). The molecule has 0 saturated heterocycles. The quantitative estimate of drug-likeness (QED) is 0.884. The van der Waals surface area contributed by atoms with Gasteiger partial charge in [-0.3, -0.25) is 0 Å². The molecule has 1 aliphatic carbocycles. The average molecular weight is 277 g/mol. The number of hydrogen-bond acceptors (Lipinski definition) is 4. The Morgan fingerprint density at radius 1 is 1.45 bits per heavy atom. The molecule has 5 nitrogen and oxygen atoms in total. The first-order valence-corrected chi connectivity index (χ1v) is 7.25. The monoisotopic (exact) mass is 277 g/mol. The molecule has 1 heterocycles. The maximum absolute atomic E-state index is 11.1. The van der Waals surface area contributed by atoms with E-state index in [9.17, 15) is 4.79 Å². The number of aromatic nitrogens is 1. The molecule has 0 bridgehead atoms. The number of anilines is 2. The molecule has 0 atom stereocenters. The second kappa shape index (κ2) is 6.11. The van der Waals surface area contributed by atoms with E-state index in [1.807, 2.05) is 11.9 Å². The Morgan fingerprint density at radius 2 is 2.10 bits per heavy atom. The van der Waals surface area contributed by atoms with E-state index in [1.165, 1.54) is 31.5 Å². The Morgan fingerprint density at radius 3 is 2.65 bits per heavy atom. The summed E-state index contributed by atoms with van der Waals surface area (Å²) in [7, 11) is 1.96. The van der Waals surface area contributed by atoms with Crippen LogP contribution in [-0.4, -0.2) is 29.1 Å². The Labute approximate surface area is 119 Å². The van der Waals surface area contributed by atoms with Crippen molar-refractivity contribution < 1.29 is 9.90 Å². The minimum Gasteiger partial charge on any atom is -0.478 e. The van der Waals surface area contributed by atoms with E-state index < -0.39 is 5.97 Å². The summed E-state index contributed by atoms with van der Waals surface area (Å²) in [6.45, 7) is 2.24. The van der Waals surface area contributed by atoms with E-state index in [4.69, 9.17) is 10.8 Å². The Hall–Kier alpha value is -1.78. The highest BCUT2D eigenvalue weighted by Gasteiger charge is 2.25. The topological polar surface area (TPSA) is 79.5 Å². The van der Waals surface area contributed by atoms with Gasteiger partial charge in [-0.15, -0.1) is 0 Å². The largest absolute Gasteiger partial charge is 0.478 e. The van der Waals surface area contributed by atoms with Crippen molar-refractivity contribution in [2.24, 2.45) is 5.92 Å². The van der Waals surface area contributed by atoms with Gasteiger partial charge in [-0.2, -0.15) is 0 Å². The van der Waals surface area contributed by atoms with Crippen LogP contribution in [0.15, 0.2) is 12.3 Å². The summed E-state index contributed by atoms with van der Waals surface area (Å²) in [6, 6.07) is 1.85. The molecular formula is C15H23N3O2. The highest BCUT2D eigenvalue weighted by Crippen LogP contribution is 2.33. The maximum atomic E-state index is 11.1. The lowest BCUT2D eigenvalue weighted by Gasteiger charge is -2.35. The van der Waals surface area contributed by atoms with Crippen molar-refractivity contribution in [3.05, 3.63) is 17.8 Å². The number of carbonyl (C=O) groups is 1. The van der Waals surface area contributed by atoms with Crippen molar-refractivity contribution >= 4 is 17.5 Å². The summed E-state index contributed by atoms with van der Waals surface area (Å²) in [5, 5.41) is 9.12. The summed E-state index contributed by atoms with van der Waals surface area (Å²) >= 11 is 0. The van der Waals surface area contributed by atoms with Gasteiger partial charge in [0, 0.05) is 19.3 Å². The summed E-state index contributed by atoms with van der Waals surface area (Å²) < 4.78 is 0. The molecule has 0 aliphatic heterocycles. The molecule has 0 aromatic carbocycles. The van der Waals surface area contributed by atoms with Crippen LogP contribution in [0.25, 0.3) is 0 Å². The van der Waals surface area contributed by atoms with Crippen LogP contribution < -0.4 is 10.6 Å². The zero-order valence-electron chi connectivity index (χ0n) is 12.2. The highest BCUT2D eigenvalue weighted by atomic mass is 16.4. The van der Waals surface area contributed by atoms with E-state index in [1.54, 1.807) is 0 Å². The van der Waals surface area contributed by atoms with Crippen molar-refractivity contribution in [2.45, 2.75) is 45.1 Å². The summed E-state index contributed by atoms with van der Waals surface area (Å²) in [6.07, 6.45) is 7.45. The molecule has 3 N–H and O–H groups in total. The molecule has 20 heavy (non-hydrogen) atoms. The molecular weight excluding hydrogens is 254 g/mol. The average Bonchev–Trinajstić information content (AvgIpc) is 2.46. The van der Waals surface area contributed by atoms with Crippen LogP contribution in [0.4, 0.5) is 11.5 Å². The van der Waals surface area contributed by atoms with Crippen LogP contribution >= 0.6 is 0 Å². The van der Waals surface area contributed by atoms with Crippen molar-refractivity contribution in [1.82, 2.24) is 4.98 Å². The van der Waals surface area contributed by atoms with Crippen LogP contribution in [0.5, 0.6) is 0 Å². The van der Waals surface area contributed by atoms with Gasteiger partial charge >= 0.3 is 5.97 Å². The number of rotatable bonds is 4. The molecule has 1 fully saturated rings. The summed E-state index contributed by atoms with van der Waals surface area (Å²) in [5.74, 6) is 0.411. The van der Waals surface area contributed by atoms with E-state index in [2.05, 4.69) is 11.9 Å². The van der Waals surface area contributed by atoms with E-state index in [0.717, 1.165) is 18.8 Å². The number of carboxylic acid groups (broad SMARTS) is 1. The van der Waals surface area contributed by atoms with Gasteiger partial charge in [-0.05, 0) is 37.7 Å². The van der Waals surface area contributed by atoms with Crippen LogP contribution in [0, 0.1) is 5.92 Å². The third-order valence-electron chi connectivity index (χ3n) is 4.47. The fraction of sp³-hybridized carbons (Fsp3) is 0.600. The van der Waals surface area contributed by atoms with Gasteiger partial charge in [0.1, 0.15) is 0 Å². The molecule has 1 aromatic rings. The number of hydrogen-bond donors (Lipinski definition) is 2. The molecule has 0 unspecified atom stereocenters. The first-order valence-electron chi connectivity index (χ1n) is 7.25. The van der Waals surface area contributed by atoms with Crippen LogP contribution in [-0.2, 0) is 0 Å². The normalized spacial score (nSPS) is 22.5. The number of nitrogens with two attached hydrogens (primary N) is 1. The van der Waals surface area contributed by atoms with Crippen molar-refractivity contribution in [3.63, 3.8) is 0 Å². The third kappa shape index (κ3) is 2.86. The van der Waals surface area contributed by atoms with Crippen molar-refractivity contribution in [3.8, 4) is 0 Å². The lowest BCUT2D eigenvalue weighted by Crippen LogP contribution is -2.36. The summed E-state index contributed by atoms with van der Waals surface area (Å²) in [5.41, 5.74) is 6.35. The molecule has 0 spiro atoms. The molecule has 0 amide bonds. The fourth-order valence-electron chi connectivity index (χ4n) is 3.04. The number of nitrogens with zero attached hydrogens (tertiary/aromatic N) is 2. The Balaban J connectivity index is 2.15. The smallest absolute Gasteiger partial charge is 0.337 e. The minimum atomic E-state index is -1.01. The van der Waals surface area contributed by atoms with Crippen molar-refractivity contribution in [1.29, 1.82) is 0 Å². The molecule has 1 aromatic heterocycles. The molecule has 1 saturated carbocycles. The van der Waals surface area contributed by atoms with E-state index in [0.29, 0.717) is 11.9 Å². The number of nitrogen functional groups attached to an aromatic ring is 1. The van der Waals surface area contributed by atoms with Crippen molar-refractivity contribution in [2.75, 3.05) is 17.7 Å². The molecule has 1 aliphatic rings. The summed E-state index contributed by atoms with van der Waals surface area (Å²) in [4.78, 5) is 17.5. The number of carboxylic acids is 1. The predicted molar refractivity (Wildman–Crippen MR) is 80.0 cm³/mol. The van der Waals surface area contributed by atoms with Gasteiger partial charge in [0.25, 0.3) is 0 Å². The van der Waals surface area contributed by atoms with Crippen LogP contribution in [0.1, 0.15) is 49.4 Å². The fourth-order valence-corrected chi connectivity index (χ4v) is 3.04. The SMILES string of the molecule is CCC1CCC(N(C)c2nccc(C(=O)O)c2N)CC1. The maximum Gasteiger partial charge on any atom is 0.337 e. The molecule has 110 valence electrons. The van der Waals surface area contributed by atoms with Gasteiger partial charge in [0.15, 0.2) is 5.82 Å². The van der Waals surface area contributed by atoms with Gasteiger partial charge in [0.2, 0.25) is 0 Å². The second-order valence-corrected chi connectivity index (χ2v) is 5.59. The second-order valence-electron chi connectivity index (χ2n) is 5.59. The Kier molecular flexibility index (Phi) is 4.47. The zero-order chi connectivity index (χ0) is 14.7. The molecule has 5 heteroatoms. The van der Waals surface area contributed by atoms with Gasteiger partial charge in [-0.1, -0.05) is 13.3 Å². The van der Waals surface area contributed by atoms with Crippen LogP contribution in [0.3, 0.4) is 0 Å². The van der Waals surface area contributed by atoms with Crippen LogP contribution in [0.2, 0.25) is 0 Å². The third-order valence-corrected chi connectivity index (χ3v) is 4.47. The van der Waals surface area contributed by atoms with E-state index >= 15 is 0 Å². The molecule has 0 radical (unpaired) electrons. The van der Waals surface area contributed by atoms with Gasteiger partial charge < -0.3 is 15.7 Å². The predicted octanol–water partition coefficient (Wildman–Crippen LogP) is 2.77. The lowest BCUT2D eigenvalue weighted by atomic mass is 9.84. The highest BCUT2D eigenvalue weighted by molar-refractivity contribution is 5.96. The first-order chi connectivity index (χ1) is 9.54. The van der Waals surface area contributed by atoms with Gasteiger partial charge in [-0.25, -0.2) is 9.78 Å². The lowest BCUT2D eigenvalue weighted by molar-refractivity contribution is 0.0698. The molecule has 2 rings (SSSR count). The van der Waals surface area contributed by atoms with Gasteiger partial charge in [0.05, 0.1) is 11.3 Å². The van der Waals surface area contributed by atoms with E-state index in [-0.39, 0.29) is 11.3 Å².